The summed E-state index contributed by atoms with van der Waals surface area (Å²) >= 11 is 9.09. The number of hydrogen-bond acceptors (Lipinski definition) is 3. The predicted octanol–water partition coefficient (Wildman–Crippen LogP) is 1.88. The predicted molar refractivity (Wildman–Crippen MR) is 71.2 cm³/mol. The van der Waals surface area contributed by atoms with Crippen LogP contribution < -0.4 is 5.32 Å². The number of benzene rings is 1. The van der Waals surface area contributed by atoms with Crippen molar-refractivity contribution in [3.05, 3.63) is 33.3 Å². The largest absolute Gasteiger partial charge is 0.351 e. The summed E-state index contributed by atoms with van der Waals surface area (Å²) < 4.78 is 22.5. The second kappa shape index (κ2) is 5.84. The van der Waals surface area contributed by atoms with Gasteiger partial charge in [0, 0.05) is 17.3 Å². The highest BCUT2D eigenvalue weighted by Crippen LogP contribution is 2.20. The molecule has 0 spiro atoms. The molecule has 0 atom stereocenters. The Bertz CT molecular complexity index is 530. The van der Waals surface area contributed by atoms with Crippen LogP contribution in [-0.4, -0.2) is 32.9 Å². The number of hydrogen-bond donors (Lipinski definition) is 1. The molecule has 94 valence electrons. The zero-order chi connectivity index (χ0) is 13.1. The van der Waals surface area contributed by atoms with Crippen LogP contribution in [0.3, 0.4) is 0 Å². The van der Waals surface area contributed by atoms with Crippen molar-refractivity contribution in [2.75, 3.05) is 18.6 Å². The van der Waals surface area contributed by atoms with E-state index in [4.69, 9.17) is 11.6 Å². The lowest BCUT2D eigenvalue weighted by atomic mass is 10.2. The Morgan fingerprint density at radius 2 is 2.12 bits per heavy atom. The third kappa shape index (κ3) is 5.06. The zero-order valence-corrected chi connectivity index (χ0v) is 12.2. The van der Waals surface area contributed by atoms with E-state index in [-0.39, 0.29) is 18.2 Å². The summed E-state index contributed by atoms with van der Waals surface area (Å²) in [6.45, 7) is 0.0699. The summed E-state index contributed by atoms with van der Waals surface area (Å²) in [6, 6.07) is 4.89. The van der Waals surface area contributed by atoms with Gasteiger partial charge in [-0.1, -0.05) is 27.5 Å². The van der Waals surface area contributed by atoms with Gasteiger partial charge in [-0.05, 0) is 18.2 Å². The van der Waals surface area contributed by atoms with Gasteiger partial charge in [-0.15, -0.1) is 0 Å². The van der Waals surface area contributed by atoms with E-state index in [1.54, 1.807) is 18.2 Å². The number of sulfone groups is 1. The van der Waals surface area contributed by atoms with Gasteiger partial charge in [-0.3, -0.25) is 4.79 Å². The SMILES string of the molecule is CS(=O)(=O)CCNC(=O)c1cc(Br)ccc1Cl. The van der Waals surface area contributed by atoms with Gasteiger partial charge in [-0.2, -0.15) is 0 Å². The lowest BCUT2D eigenvalue weighted by Crippen LogP contribution is -2.29. The third-order valence-corrected chi connectivity index (χ3v) is 3.70. The molecule has 1 aromatic rings. The minimum atomic E-state index is -3.08. The van der Waals surface area contributed by atoms with Gasteiger partial charge in [0.25, 0.3) is 5.91 Å². The molecule has 0 saturated carbocycles. The van der Waals surface area contributed by atoms with E-state index in [1.165, 1.54) is 0 Å². The average molecular weight is 341 g/mol. The summed E-state index contributed by atoms with van der Waals surface area (Å²) in [5.74, 6) is -0.482. The fourth-order valence-electron chi connectivity index (χ4n) is 1.12. The van der Waals surface area contributed by atoms with Gasteiger partial charge < -0.3 is 5.32 Å². The van der Waals surface area contributed by atoms with Crippen molar-refractivity contribution in [1.82, 2.24) is 5.32 Å². The molecule has 1 N–H and O–H groups in total. The highest BCUT2D eigenvalue weighted by molar-refractivity contribution is 9.10. The first-order valence-corrected chi connectivity index (χ1v) is 7.94. The van der Waals surface area contributed by atoms with Crippen LogP contribution in [0.1, 0.15) is 10.4 Å². The van der Waals surface area contributed by atoms with Crippen LogP contribution in [0.5, 0.6) is 0 Å². The summed E-state index contributed by atoms with van der Waals surface area (Å²) in [7, 11) is -3.08. The molecule has 0 unspecified atom stereocenters. The molecule has 1 amide bonds. The highest BCUT2D eigenvalue weighted by atomic mass is 79.9. The maximum Gasteiger partial charge on any atom is 0.252 e. The third-order valence-electron chi connectivity index (χ3n) is 1.93. The van der Waals surface area contributed by atoms with Gasteiger partial charge in [0.05, 0.1) is 16.3 Å². The number of halogens is 2. The fraction of sp³-hybridized carbons (Fsp3) is 0.300. The normalized spacial score (nSPS) is 11.2. The molecule has 0 saturated heterocycles. The minimum absolute atomic E-state index is 0.0699. The Kier molecular flexibility index (Phi) is 4.97. The Hall–Kier alpha value is -0.590. The topological polar surface area (TPSA) is 63.2 Å². The van der Waals surface area contributed by atoms with Crippen LogP contribution in [0.4, 0.5) is 0 Å². The second-order valence-electron chi connectivity index (χ2n) is 3.51. The second-order valence-corrected chi connectivity index (χ2v) is 7.09. The van der Waals surface area contributed by atoms with Gasteiger partial charge in [-0.25, -0.2) is 8.42 Å². The van der Waals surface area contributed by atoms with Gasteiger partial charge >= 0.3 is 0 Å². The maximum absolute atomic E-state index is 11.7. The van der Waals surface area contributed by atoms with E-state index in [9.17, 15) is 13.2 Å². The van der Waals surface area contributed by atoms with E-state index in [1.807, 2.05) is 0 Å². The first kappa shape index (κ1) is 14.5. The van der Waals surface area contributed by atoms with Crippen molar-refractivity contribution < 1.29 is 13.2 Å². The van der Waals surface area contributed by atoms with Crippen molar-refractivity contribution in [3.63, 3.8) is 0 Å². The molecule has 17 heavy (non-hydrogen) atoms. The van der Waals surface area contributed by atoms with Crippen molar-refractivity contribution in [2.24, 2.45) is 0 Å². The van der Waals surface area contributed by atoms with Crippen molar-refractivity contribution >= 4 is 43.3 Å². The summed E-state index contributed by atoms with van der Waals surface area (Å²) in [6.07, 6.45) is 1.12. The Labute approximate surface area is 113 Å². The molecular weight excluding hydrogens is 330 g/mol. The van der Waals surface area contributed by atoms with Crippen molar-refractivity contribution in [3.8, 4) is 0 Å². The van der Waals surface area contributed by atoms with E-state index >= 15 is 0 Å². The highest BCUT2D eigenvalue weighted by Gasteiger charge is 2.11. The van der Waals surface area contributed by atoms with Crippen molar-refractivity contribution in [2.45, 2.75) is 0 Å². The molecule has 0 bridgehead atoms. The number of rotatable bonds is 4. The molecular formula is C10H11BrClNO3S. The lowest BCUT2D eigenvalue weighted by molar-refractivity contribution is 0.0956. The van der Waals surface area contributed by atoms with Gasteiger partial charge in [0.2, 0.25) is 0 Å². The zero-order valence-electron chi connectivity index (χ0n) is 9.04. The summed E-state index contributed by atoms with van der Waals surface area (Å²) in [5.41, 5.74) is 0.314. The first-order valence-electron chi connectivity index (χ1n) is 4.70. The van der Waals surface area contributed by atoms with Crippen LogP contribution in [0.2, 0.25) is 5.02 Å². The monoisotopic (exact) mass is 339 g/mol. The molecule has 4 nitrogen and oxygen atoms in total. The van der Waals surface area contributed by atoms with Gasteiger partial charge in [0.1, 0.15) is 9.84 Å². The lowest BCUT2D eigenvalue weighted by Gasteiger charge is -2.06. The summed E-state index contributed by atoms with van der Waals surface area (Å²) in [4.78, 5) is 11.7. The van der Waals surface area contributed by atoms with Gasteiger partial charge in [0.15, 0.2) is 0 Å². The van der Waals surface area contributed by atoms with Crippen LogP contribution in [-0.2, 0) is 9.84 Å². The fourth-order valence-corrected chi connectivity index (χ4v) is 2.15. The van der Waals surface area contributed by atoms with Crippen LogP contribution >= 0.6 is 27.5 Å². The number of carbonyl (C=O) groups is 1. The molecule has 1 aromatic carbocycles. The Balaban J connectivity index is 2.67. The van der Waals surface area contributed by atoms with Crippen LogP contribution in [0.25, 0.3) is 0 Å². The molecule has 0 aliphatic heterocycles. The quantitative estimate of drug-likeness (QED) is 0.910. The number of nitrogens with one attached hydrogen (secondary N) is 1. The molecule has 0 aromatic heterocycles. The average Bonchev–Trinajstić information content (AvgIpc) is 2.19. The maximum atomic E-state index is 11.7. The molecule has 1 rings (SSSR count). The molecule has 7 heteroatoms. The van der Waals surface area contributed by atoms with E-state index in [0.717, 1.165) is 10.7 Å². The van der Waals surface area contributed by atoms with Crippen molar-refractivity contribution in [1.29, 1.82) is 0 Å². The first-order chi connectivity index (χ1) is 7.79. The molecule has 0 heterocycles. The standard InChI is InChI=1S/C10H11BrClNO3S/c1-17(15,16)5-4-13-10(14)8-6-7(11)2-3-9(8)12/h2-3,6H,4-5H2,1H3,(H,13,14). The number of carbonyl (C=O) groups excluding carboxylic acids is 1. The molecule has 0 aliphatic carbocycles. The van der Waals surface area contributed by atoms with E-state index in [0.29, 0.717) is 10.6 Å². The molecule has 0 radical (unpaired) electrons. The van der Waals surface area contributed by atoms with E-state index in [2.05, 4.69) is 21.2 Å². The Morgan fingerprint density at radius 3 is 2.71 bits per heavy atom. The minimum Gasteiger partial charge on any atom is -0.351 e. The van der Waals surface area contributed by atoms with Crippen LogP contribution in [0.15, 0.2) is 22.7 Å². The Morgan fingerprint density at radius 1 is 1.47 bits per heavy atom. The smallest absolute Gasteiger partial charge is 0.252 e. The van der Waals surface area contributed by atoms with Crippen LogP contribution in [0, 0.1) is 0 Å². The van der Waals surface area contributed by atoms with E-state index < -0.39 is 9.84 Å². The summed E-state index contributed by atoms with van der Waals surface area (Å²) in [5, 5.41) is 2.82. The molecule has 0 aliphatic rings. The molecule has 0 fully saturated rings. The number of amides is 1.